The molecule has 0 N–H and O–H groups in total. The summed E-state index contributed by atoms with van der Waals surface area (Å²) in [6, 6.07) is 13.7. The molecule has 2 heterocycles. The van der Waals surface area contributed by atoms with Gasteiger partial charge < -0.3 is 4.52 Å². The Morgan fingerprint density at radius 2 is 1.64 bits per heavy atom. The van der Waals surface area contributed by atoms with Gasteiger partial charge in [0.15, 0.2) is 0 Å². The Morgan fingerprint density at radius 3 is 2.27 bits per heavy atom. The van der Waals surface area contributed by atoms with Crippen molar-refractivity contribution in [3.8, 4) is 11.4 Å². The Hall–Kier alpha value is -3.02. The lowest BCUT2D eigenvalue weighted by molar-refractivity contribution is -0.137. The van der Waals surface area contributed by atoms with E-state index < -0.39 is 21.8 Å². The number of hydrogen-bond donors (Lipinski definition) is 0. The van der Waals surface area contributed by atoms with Gasteiger partial charge in [-0.15, -0.1) is 0 Å². The molecule has 7 nitrogen and oxygen atoms in total. The Bertz CT molecular complexity index is 1200. The van der Waals surface area contributed by atoms with Crippen LogP contribution in [0.5, 0.6) is 0 Å². The van der Waals surface area contributed by atoms with E-state index >= 15 is 0 Å². The Balaban J connectivity index is 1.32. The van der Waals surface area contributed by atoms with Crippen LogP contribution >= 0.6 is 0 Å². The molecule has 0 atom stereocenters. The molecule has 0 unspecified atom stereocenters. The summed E-state index contributed by atoms with van der Waals surface area (Å²) in [5.41, 5.74) is 0.473. The van der Waals surface area contributed by atoms with Crippen molar-refractivity contribution in [2.75, 3.05) is 26.2 Å². The first-order valence-corrected chi connectivity index (χ1v) is 11.7. The second-order valence-electron chi connectivity index (χ2n) is 7.52. The van der Waals surface area contributed by atoms with Gasteiger partial charge in [0.2, 0.25) is 21.7 Å². The molecule has 2 aromatic carbocycles. The first-order chi connectivity index (χ1) is 15.7. The van der Waals surface area contributed by atoms with Gasteiger partial charge in [0.25, 0.3) is 0 Å². The molecule has 1 aliphatic heterocycles. The summed E-state index contributed by atoms with van der Waals surface area (Å²) in [5.74, 6) is 0.510. The minimum Gasteiger partial charge on any atom is -0.338 e. The van der Waals surface area contributed by atoms with Crippen LogP contribution in [0.4, 0.5) is 13.2 Å². The lowest BCUT2D eigenvalue weighted by atomic mass is 10.1. The fraction of sp³-hybridized carbons (Fsp3) is 0.273. The molecule has 1 saturated heterocycles. The standard InChI is InChI=1S/C22H21F3N4O3S/c23-22(24,25)19-8-6-18(7-9-19)21-26-20(32-27-21)16-28-11-13-29(14-12-28)33(30,31)15-10-17-4-2-1-3-5-17/h1-10,15H,11-14,16H2/b15-10+. The molecule has 1 aromatic heterocycles. The van der Waals surface area contributed by atoms with Crippen LogP contribution in [0, 0.1) is 0 Å². The van der Waals surface area contributed by atoms with Crippen molar-refractivity contribution >= 4 is 16.1 Å². The number of hydrogen-bond acceptors (Lipinski definition) is 6. The predicted molar refractivity (Wildman–Crippen MR) is 116 cm³/mol. The third-order valence-corrected chi connectivity index (χ3v) is 6.79. The summed E-state index contributed by atoms with van der Waals surface area (Å²) >= 11 is 0. The van der Waals surface area contributed by atoms with Crippen LogP contribution in [0.25, 0.3) is 17.5 Å². The Labute approximate surface area is 189 Å². The van der Waals surface area contributed by atoms with Gasteiger partial charge in [-0.05, 0) is 23.8 Å². The first-order valence-electron chi connectivity index (χ1n) is 10.2. The summed E-state index contributed by atoms with van der Waals surface area (Å²) in [5, 5.41) is 5.06. The number of nitrogens with zero attached hydrogens (tertiary/aromatic N) is 4. The molecule has 1 aliphatic rings. The van der Waals surface area contributed by atoms with Crippen molar-refractivity contribution < 1.29 is 26.1 Å². The van der Waals surface area contributed by atoms with Gasteiger partial charge in [-0.2, -0.15) is 22.5 Å². The molecule has 0 amide bonds. The number of alkyl halides is 3. The molecule has 0 aliphatic carbocycles. The van der Waals surface area contributed by atoms with Crippen molar-refractivity contribution in [2.45, 2.75) is 12.7 Å². The second-order valence-corrected chi connectivity index (χ2v) is 9.34. The predicted octanol–water partition coefficient (Wildman–Crippen LogP) is 3.87. The highest BCUT2D eigenvalue weighted by molar-refractivity contribution is 7.92. The van der Waals surface area contributed by atoms with Crippen LogP contribution < -0.4 is 0 Å². The van der Waals surface area contributed by atoms with Gasteiger partial charge in [-0.25, -0.2) is 8.42 Å². The lowest BCUT2D eigenvalue weighted by Gasteiger charge is -2.32. The molecular formula is C22H21F3N4O3S. The normalized spacial score (nSPS) is 16.5. The van der Waals surface area contributed by atoms with Gasteiger partial charge in [-0.3, -0.25) is 4.90 Å². The molecule has 33 heavy (non-hydrogen) atoms. The van der Waals surface area contributed by atoms with E-state index in [9.17, 15) is 21.6 Å². The topological polar surface area (TPSA) is 79.5 Å². The number of sulfonamides is 1. The van der Waals surface area contributed by atoms with Crippen LogP contribution in [0.3, 0.4) is 0 Å². The SMILES string of the molecule is O=S(=O)(/C=C/c1ccccc1)N1CCN(Cc2nc(-c3ccc(C(F)(F)F)cc3)no2)CC1. The van der Waals surface area contributed by atoms with E-state index in [0.717, 1.165) is 17.7 Å². The zero-order valence-electron chi connectivity index (χ0n) is 17.4. The van der Waals surface area contributed by atoms with Gasteiger partial charge in [0.1, 0.15) is 0 Å². The highest BCUT2D eigenvalue weighted by Gasteiger charge is 2.30. The van der Waals surface area contributed by atoms with Gasteiger partial charge in [0.05, 0.1) is 12.1 Å². The zero-order valence-corrected chi connectivity index (χ0v) is 18.3. The van der Waals surface area contributed by atoms with Crippen molar-refractivity contribution in [1.82, 2.24) is 19.3 Å². The van der Waals surface area contributed by atoms with E-state index in [1.54, 1.807) is 6.08 Å². The van der Waals surface area contributed by atoms with Crippen molar-refractivity contribution in [3.05, 3.63) is 77.0 Å². The summed E-state index contributed by atoms with van der Waals surface area (Å²) in [6.45, 7) is 1.93. The molecule has 3 aromatic rings. The fourth-order valence-electron chi connectivity index (χ4n) is 3.39. The largest absolute Gasteiger partial charge is 0.416 e. The fourth-order valence-corrected chi connectivity index (χ4v) is 4.57. The molecule has 4 rings (SSSR count). The molecule has 174 valence electrons. The Kier molecular flexibility index (Phi) is 6.63. The number of aromatic nitrogens is 2. The average molecular weight is 478 g/mol. The summed E-state index contributed by atoms with van der Waals surface area (Å²) < 4.78 is 69.9. The van der Waals surface area contributed by atoms with Crippen molar-refractivity contribution in [1.29, 1.82) is 0 Å². The summed E-state index contributed by atoms with van der Waals surface area (Å²) in [6.07, 6.45) is -2.84. The molecule has 0 bridgehead atoms. The van der Waals surface area contributed by atoms with E-state index in [2.05, 4.69) is 10.1 Å². The quantitative estimate of drug-likeness (QED) is 0.535. The van der Waals surface area contributed by atoms with E-state index in [1.165, 1.54) is 21.8 Å². The number of rotatable bonds is 6. The average Bonchev–Trinajstić information content (AvgIpc) is 3.27. The molecule has 0 radical (unpaired) electrons. The van der Waals surface area contributed by atoms with Crippen LogP contribution in [-0.4, -0.2) is 53.9 Å². The van der Waals surface area contributed by atoms with Crippen LogP contribution in [0.15, 0.2) is 64.5 Å². The molecular weight excluding hydrogens is 457 g/mol. The van der Waals surface area contributed by atoms with E-state index in [0.29, 0.717) is 44.2 Å². The van der Waals surface area contributed by atoms with E-state index in [4.69, 9.17) is 4.52 Å². The highest BCUT2D eigenvalue weighted by atomic mass is 32.2. The lowest BCUT2D eigenvalue weighted by Crippen LogP contribution is -2.47. The second kappa shape index (κ2) is 9.46. The summed E-state index contributed by atoms with van der Waals surface area (Å²) in [4.78, 5) is 6.24. The highest BCUT2D eigenvalue weighted by Crippen LogP contribution is 2.30. The zero-order chi connectivity index (χ0) is 23.5. The molecule has 0 saturated carbocycles. The third-order valence-electron chi connectivity index (χ3n) is 5.22. The van der Waals surface area contributed by atoms with Gasteiger partial charge in [0, 0.05) is 37.2 Å². The maximum atomic E-state index is 12.7. The minimum atomic E-state index is -4.41. The van der Waals surface area contributed by atoms with E-state index in [-0.39, 0.29) is 5.82 Å². The van der Waals surface area contributed by atoms with Crippen molar-refractivity contribution in [2.24, 2.45) is 0 Å². The van der Waals surface area contributed by atoms with Crippen LogP contribution in [0.2, 0.25) is 0 Å². The minimum absolute atomic E-state index is 0.200. The Morgan fingerprint density at radius 1 is 0.970 bits per heavy atom. The monoisotopic (exact) mass is 478 g/mol. The number of benzene rings is 2. The first kappa shape index (κ1) is 23.1. The van der Waals surface area contributed by atoms with Gasteiger partial charge in [-0.1, -0.05) is 47.6 Å². The number of halogens is 3. The van der Waals surface area contributed by atoms with E-state index in [1.807, 2.05) is 35.2 Å². The maximum absolute atomic E-state index is 12.7. The van der Waals surface area contributed by atoms with Gasteiger partial charge >= 0.3 is 6.18 Å². The van der Waals surface area contributed by atoms with Crippen molar-refractivity contribution in [3.63, 3.8) is 0 Å². The maximum Gasteiger partial charge on any atom is 0.416 e. The van der Waals surface area contributed by atoms with Crippen LogP contribution in [-0.2, 0) is 22.7 Å². The smallest absolute Gasteiger partial charge is 0.338 e. The van der Waals surface area contributed by atoms with Crippen LogP contribution in [0.1, 0.15) is 17.0 Å². The molecule has 0 spiro atoms. The molecule has 11 heteroatoms. The molecule has 1 fully saturated rings. The third kappa shape index (κ3) is 5.86. The number of piperazine rings is 1. The summed E-state index contributed by atoms with van der Waals surface area (Å²) in [7, 11) is -3.53.